The van der Waals surface area contributed by atoms with Crippen molar-refractivity contribution in [3.63, 3.8) is 0 Å². The summed E-state index contributed by atoms with van der Waals surface area (Å²) in [6.45, 7) is 4.37. The van der Waals surface area contributed by atoms with Gasteiger partial charge in [0.15, 0.2) is 0 Å². The van der Waals surface area contributed by atoms with E-state index < -0.39 is 24.1 Å². The zero-order valence-corrected chi connectivity index (χ0v) is 30.6. The third kappa shape index (κ3) is 11.1. The molecule has 2 aliphatic rings. The van der Waals surface area contributed by atoms with Crippen molar-refractivity contribution in [2.75, 3.05) is 30.5 Å². The maximum absolute atomic E-state index is 14.0. The lowest BCUT2D eigenvalue weighted by atomic mass is 9.91. The van der Waals surface area contributed by atoms with Crippen LogP contribution in [0, 0.1) is 11.8 Å². The number of nitrogens with one attached hydrogen (secondary N) is 2. The number of ether oxygens (including phenoxy) is 2. The first-order valence-electron chi connectivity index (χ1n) is 17.6. The number of amides is 3. The lowest BCUT2D eigenvalue weighted by molar-refractivity contribution is -0.125. The Morgan fingerprint density at radius 3 is 2.36 bits per heavy atom. The average molecular weight is 720 g/mol. The van der Waals surface area contributed by atoms with E-state index in [2.05, 4.69) is 10.6 Å². The minimum atomic E-state index is -0.686. The van der Waals surface area contributed by atoms with Gasteiger partial charge >= 0.3 is 6.09 Å². The van der Waals surface area contributed by atoms with Crippen LogP contribution in [-0.4, -0.2) is 75.8 Å². The molecular formula is C39H49N3O6S2. The molecule has 3 aromatic rings. The number of para-hydroxylation sites is 2. The van der Waals surface area contributed by atoms with E-state index in [1.807, 2.05) is 80.2 Å². The highest BCUT2D eigenvalue weighted by Crippen LogP contribution is 2.32. The minimum absolute atomic E-state index is 0.0955. The molecule has 1 aliphatic heterocycles. The fourth-order valence-electron chi connectivity index (χ4n) is 6.16. The molecule has 5 rings (SSSR count). The molecule has 1 aliphatic carbocycles. The van der Waals surface area contributed by atoms with Gasteiger partial charge in [-0.15, -0.1) is 11.8 Å². The molecule has 11 heteroatoms. The largest absolute Gasteiger partial charge is 0.507 e. The van der Waals surface area contributed by atoms with Crippen molar-refractivity contribution in [3.8, 4) is 17.2 Å². The van der Waals surface area contributed by atoms with Crippen molar-refractivity contribution in [1.82, 2.24) is 15.5 Å². The van der Waals surface area contributed by atoms with Crippen molar-refractivity contribution >= 4 is 41.4 Å². The number of phenolic OH excluding ortho intramolecular Hbond substituents is 1. The third-order valence-electron chi connectivity index (χ3n) is 8.98. The summed E-state index contributed by atoms with van der Waals surface area (Å²) >= 11 is 3.35. The van der Waals surface area contributed by atoms with E-state index in [-0.39, 0.29) is 41.5 Å². The van der Waals surface area contributed by atoms with Gasteiger partial charge in [-0.05, 0) is 78.8 Å². The number of phenols is 1. The maximum Gasteiger partial charge on any atom is 0.411 e. The van der Waals surface area contributed by atoms with Crippen LogP contribution in [0.15, 0.2) is 78.9 Å². The SMILES string of the molecule is CC(C)COC(=O)N1CSC[C@H]1C(=O)NC(CNC(=O)c1ccccc1O)C(Cc1ccc(Oc2ccccc2)cc1)SCC1CCCCC1. The van der Waals surface area contributed by atoms with E-state index >= 15 is 0 Å². The number of aromatic hydroxyl groups is 1. The molecule has 2 fully saturated rings. The van der Waals surface area contributed by atoms with Crippen molar-refractivity contribution in [3.05, 3.63) is 90.0 Å². The van der Waals surface area contributed by atoms with Crippen LogP contribution in [0.3, 0.4) is 0 Å². The molecule has 1 saturated heterocycles. The summed E-state index contributed by atoms with van der Waals surface area (Å²) < 4.78 is 11.5. The zero-order valence-electron chi connectivity index (χ0n) is 28.9. The molecule has 3 atom stereocenters. The summed E-state index contributed by atoms with van der Waals surface area (Å²) in [6.07, 6.45) is 6.27. The van der Waals surface area contributed by atoms with Gasteiger partial charge in [0.1, 0.15) is 23.3 Å². The van der Waals surface area contributed by atoms with Crippen LogP contribution in [-0.2, 0) is 16.0 Å². The van der Waals surface area contributed by atoms with Gasteiger partial charge in [-0.1, -0.05) is 75.6 Å². The lowest BCUT2D eigenvalue weighted by Crippen LogP contribution is -2.56. The van der Waals surface area contributed by atoms with Crippen LogP contribution >= 0.6 is 23.5 Å². The van der Waals surface area contributed by atoms with E-state index in [1.54, 1.807) is 18.2 Å². The highest BCUT2D eigenvalue weighted by molar-refractivity contribution is 8.00. The van der Waals surface area contributed by atoms with Crippen LogP contribution < -0.4 is 15.4 Å². The smallest absolute Gasteiger partial charge is 0.411 e. The van der Waals surface area contributed by atoms with Crippen LogP contribution in [0.25, 0.3) is 0 Å². The topological polar surface area (TPSA) is 117 Å². The van der Waals surface area contributed by atoms with Crippen molar-refractivity contribution < 1.29 is 29.0 Å². The van der Waals surface area contributed by atoms with Crippen LogP contribution in [0.2, 0.25) is 0 Å². The van der Waals surface area contributed by atoms with Crippen molar-refractivity contribution in [2.45, 2.75) is 69.7 Å². The molecule has 0 spiro atoms. The van der Waals surface area contributed by atoms with Crippen LogP contribution in [0.4, 0.5) is 4.79 Å². The molecular weight excluding hydrogens is 671 g/mol. The highest BCUT2D eigenvalue weighted by Gasteiger charge is 2.38. The first kappa shape index (κ1) is 37.4. The number of thioether (sulfide) groups is 2. The fourth-order valence-corrected chi connectivity index (χ4v) is 8.86. The molecule has 3 N–H and O–H groups in total. The standard InChI is InChI=1S/C39H49N3O6S2/c1-27(2)23-47-39(46)42-26-49-25-34(42)38(45)41-33(22-40-37(44)32-15-9-10-16-35(32)43)36(50-24-29-11-5-3-6-12-29)21-28-17-19-31(20-18-28)48-30-13-7-4-8-14-30/h4,7-10,13-20,27,29,33-34,36,43H,3,5-6,11-12,21-26H2,1-2H3,(H,40,44)(H,41,45)/t33?,34-,36?/m0/s1. The van der Waals surface area contributed by atoms with Crippen LogP contribution in [0.1, 0.15) is 61.9 Å². The van der Waals surface area contributed by atoms with E-state index in [0.717, 1.165) is 22.8 Å². The van der Waals surface area contributed by atoms with E-state index in [4.69, 9.17) is 9.47 Å². The second kappa shape index (κ2) is 19.0. The van der Waals surface area contributed by atoms with Gasteiger partial charge in [0, 0.05) is 17.5 Å². The molecule has 3 amide bonds. The lowest BCUT2D eigenvalue weighted by Gasteiger charge is -2.32. The van der Waals surface area contributed by atoms with Gasteiger partial charge in [-0.3, -0.25) is 14.5 Å². The Morgan fingerprint density at radius 1 is 0.940 bits per heavy atom. The summed E-state index contributed by atoms with van der Waals surface area (Å²) in [5.74, 6) is 3.26. The zero-order chi connectivity index (χ0) is 35.3. The highest BCUT2D eigenvalue weighted by atomic mass is 32.2. The van der Waals surface area contributed by atoms with Gasteiger partial charge in [-0.25, -0.2) is 4.79 Å². The summed E-state index contributed by atoms with van der Waals surface area (Å²) in [4.78, 5) is 41.7. The predicted molar refractivity (Wildman–Crippen MR) is 201 cm³/mol. The Labute approximate surface area is 304 Å². The maximum atomic E-state index is 14.0. The van der Waals surface area contributed by atoms with Gasteiger partial charge in [0.25, 0.3) is 5.91 Å². The molecule has 0 radical (unpaired) electrons. The number of nitrogens with zero attached hydrogens (tertiary/aromatic N) is 1. The van der Waals surface area contributed by atoms with Gasteiger partial charge in [0.05, 0.1) is 24.1 Å². The van der Waals surface area contributed by atoms with Crippen molar-refractivity contribution in [2.24, 2.45) is 11.8 Å². The monoisotopic (exact) mass is 719 g/mol. The molecule has 3 aromatic carbocycles. The average Bonchev–Trinajstić information content (AvgIpc) is 3.63. The fraction of sp³-hybridized carbons (Fsp3) is 0.462. The Morgan fingerprint density at radius 2 is 1.64 bits per heavy atom. The number of rotatable bonds is 15. The number of carbonyl (C=O) groups excluding carboxylic acids is 3. The first-order valence-corrected chi connectivity index (χ1v) is 19.8. The van der Waals surface area contributed by atoms with E-state index in [1.165, 1.54) is 54.8 Å². The predicted octanol–water partition coefficient (Wildman–Crippen LogP) is 7.49. The van der Waals surface area contributed by atoms with E-state index in [0.29, 0.717) is 24.0 Å². The third-order valence-corrected chi connectivity index (χ3v) is 11.6. The molecule has 9 nitrogen and oxygen atoms in total. The van der Waals surface area contributed by atoms with Gasteiger partial charge in [-0.2, -0.15) is 11.8 Å². The Balaban J connectivity index is 1.36. The molecule has 50 heavy (non-hydrogen) atoms. The van der Waals surface area contributed by atoms with Gasteiger partial charge in [0.2, 0.25) is 5.91 Å². The molecule has 2 unspecified atom stereocenters. The van der Waals surface area contributed by atoms with Crippen molar-refractivity contribution in [1.29, 1.82) is 0 Å². The molecule has 1 heterocycles. The summed E-state index contributed by atoms with van der Waals surface area (Å²) in [5.41, 5.74) is 1.25. The molecule has 0 bridgehead atoms. The number of carbonyl (C=O) groups is 3. The molecule has 268 valence electrons. The molecule has 0 aromatic heterocycles. The Bertz CT molecular complexity index is 1530. The number of benzene rings is 3. The first-order chi connectivity index (χ1) is 24.3. The summed E-state index contributed by atoms with van der Waals surface area (Å²) in [7, 11) is 0. The second-order valence-electron chi connectivity index (χ2n) is 13.4. The molecule has 1 saturated carbocycles. The summed E-state index contributed by atoms with van der Waals surface area (Å²) in [5, 5.41) is 16.5. The Kier molecular flexibility index (Phi) is 14.2. The second-order valence-corrected chi connectivity index (χ2v) is 15.7. The van der Waals surface area contributed by atoms with E-state index in [9.17, 15) is 19.5 Å². The van der Waals surface area contributed by atoms with Crippen LogP contribution in [0.5, 0.6) is 17.2 Å². The minimum Gasteiger partial charge on any atom is -0.507 e. The quantitative estimate of drug-likeness (QED) is 0.148. The van der Waals surface area contributed by atoms with Gasteiger partial charge < -0.3 is 25.2 Å². The normalized spacial score (nSPS) is 17.6. The number of hydrogen-bond donors (Lipinski definition) is 3. The Hall–Kier alpha value is -3.83. The summed E-state index contributed by atoms with van der Waals surface area (Å²) in [6, 6.07) is 22.9. The number of hydrogen-bond acceptors (Lipinski definition) is 8.